The molecule has 0 amide bonds. The Morgan fingerprint density at radius 2 is 1.85 bits per heavy atom. The number of rotatable bonds is 7. The van der Waals surface area contributed by atoms with Crippen molar-refractivity contribution >= 4 is 11.8 Å². The second kappa shape index (κ2) is 7.00. The lowest BCUT2D eigenvalue weighted by atomic mass is 9.87. The van der Waals surface area contributed by atoms with Crippen molar-refractivity contribution in [1.82, 2.24) is 5.32 Å². The lowest BCUT2D eigenvalue weighted by molar-refractivity contribution is 0.503. The number of hydrogen-bond donors (Lipinski definition) is 1. The Hall–Kier alpha value is -0.470. The van der Waals surface area contributed by atoms with Crippen molar-refractivity contribution in [3.8, 4) is 0 Å². The molecule has 2 rings (SSSR count). The first-order chi connectivity index (χ1) is 9.50. The largest absolute Gasteiger partial charge is 0.313 e. The van der Waals surface area contributed by atoms with E-state index in [1.807, 2.05) is 11.8 Å². The fraction of sp³-hybridized carbons (Fsp3) is 0.667. The molecule has 0 aromatic heterocycles. The fourth-order valence-electron chi connectivity index (χ4n) is 2.43. The maximum absolute atomic E-state index is 3.72. The monoisotopic (exact) mass is 291 g/mol. The van der Waals surface area contributed by atoms with Crippen molar-refractivity contribution in [1.29, 1.82) is 0 Å². The van der Waals surface area contributed by atoms with E-state index in [1.165, 1.54) is 35.5 Å². The van der Waals surface area contributed by atoms with E-state index in [-0.39, 0.29) is 5.41 Å². The van der Waals surface area contributed by atoms with Gasteiger partial charge in [-0.25, -0.2) is 0 Å². The third-order valence-corrected chi connectivity index (χ3v) is 5.13. The maximum atomic E-state index is 3.72. The summed E-state index contributed by atoms with van der Waals surface area (Å²) in [6, 6.07) is 9.86. The highest BCUT2D eigenvalue weighted by atomic mass is 32.2. The lowest BCUT2D eigenvalue weighted by Gasteiger charge is -2.20. The molecule has 0 aliphatic heterocycles. The molecule has 1 N–H and O–H groups in total. The molecule has 1 aromatic rings. The molecule has 1 nitrogen and oxygen atoms in total. The van der Waals surface area contributed by atoms with Crippen LogP contribution in [-0.2, 0) is 5.41 Å². The van der Waals surface area contributed by atoms with Gasteiger partial charge in [0, 0.05) is 16.7 Å². The van der Waals surface area contributed by atoms with Crippen LogP contribution in [0.15, 0.2) is 29.2 Å². The lowest BCUT2D eigenvalue weighted by Crippen LogP contribution is -2.33. The quantitative estimate of drug-likeness (QED) is 0.720. The number of nitrogens with one attached hydrogen (secondary N) is 1. The van der Waals surface area contributed by atoms with Crippen LogP contribution >= 0.6 is 11.8 Å². The first-order valence-electron chi connectivity index (χ1n) is 7.97. The first-order valence-corrected chi connectivity index (χ1v) is 8.96. The van der Waals surface area contributed by atoms with Crippen LogP contribution in [-0.4, -0.2) is 18.3 Å². The predicted octanol–water partition coefficient (Wildman–Crippen LogP) is 4.85. The normalized spacial score (nSPS) is 17.2. The van der Waals surface area contributed by atoms with Crippen LogP contribution in [0.4, 0.5) is 0 Å². The van der Waals surface area contributed by atoms with Crippen molar-refractivity contribution in [3.63, 3.8) is 0 Å². The van der Waals surface area contributed by atoms with Gasteiger partial charge < -0.3 is 5.32 Å². The molecule has 0 radical (unpaired) electrons. The van der Waals surface area contributed by atoms with Gasteiger partial charge in [0.25, 0.3) is 0 Å². The van der Waals surface area contributed by atoms with Crippen LogP contribution in [0.1, 0.15) is 52.5 Å². The van der Waals surface area contributed by atoms with Crippen LogP contribution in [0, 0.1) is 5.92 Å². The van der Waals surface area contributed by atoms with Crippen LogP contribution in [0.3, 0.4) is 0 Å². The Kier molecular flexibility index (Phi) is 5.57. The third-order valence-electron chi connectivity index (χ3n) is 4.00. The average molecular weight is 292 g/mol. The van der Waals surface area contributed by atoms with Gasteiger partial charge in [-0.1, -0.05) is 39.8 Å². The molecule has 112 valence electrons. The van der Waals surface area contributed by atoms with E-state index in [0.29, 0.717) is 6.04 Å². The van der Waals surface area contributed by atoms with E-state index in [1.54, 1.807) is 0 Å². The van der Waals surface area contributed by atoms with Crippen LogP contribution in [0.2, 0.25) is 0 Å². The highest BCUT2D eigenvalue weighted by Crippen LogP contribution is 2.35. The van der Waals surface area contributed by atoms with E-state index in [0.717, 1.165) is 12.5 Å². The van der Waals surface area contributed by atoms with Gasteiger partial charge in [0.15, 0.2) is 0 Å². The molecule has 1 aromatic carbocycles. The Morgan fingerprint density at radius 3 is 2.35 bits per heavy atom. The molecule has 1 unspecified atom stereocenters. The summed E-state index contributed by atoms with van der Waals surface area (Å²) in [7, 11) is 0. The van der Waals surface area contributed by atoms with Gasteiger partial charge in [-0.15, -0.1) is 11.8 Å². The highest BCUT2D eigenvalue weighted by Gasteiger charge is 2.30. The Bertz CT molecular complexity index is 400. The van der Waals surface area contributed by atoms with Crippen molar-refractivity contribution in [2.45, 2.75) is 63.3 Å². The second-order valence-corrected chi connectivity index (χ2v) is 8.08. The predicted molar refractivity (Wildman–Crippen MR) is 90.7 cm³/mol. The van der Waals surface area contributed by atoms with Gasteiger partial charge in [-0.2, -0.15) is 0 Å². The van der Waals surface area contributed by atoms with Gasteiger partial charge in [-0.3, -0.25) is 0 Å². The summed E-state index contributed by atoms with van der Waals surface area (Å²) in [5, 5.41) is 3.72. The van der Waals surface area contributed by atoms with E-state index in [4.69, 9.17) is 0 Å². The molecule has 2 heteroatoms. The molecule has 1 fully saturated rings. The SMILES string of the molecule is CCCNC(CSc1ccc(C(C)(C)C)cc1)C1CC1. The number of benzene rings is 1. The summed E-state index contributed by atoms with van der Waals surface area (Å²) >= 11 is 2.00. The molecule has 1 atom stereocenters. The van der Waals surface area contributed by atoms with Gasteiger partial charge in [0.2, 0.25) is 0 Å². The molecule has 1 aliphatic rings. The summed E-state index contributed by atoms with van der Waals surface area (Å²) in [4.78, 5) is 1.40. The Balaban J connectivity index is 1.86. The third kappa shape index (κ3) is 4.82. The number of thioether (sulfide) groups is 1. The minimum Gasteiger partial charge on any atom is -0.313 e. The standard InChI is InChI=1S/C18H29NS/c1-5-12-19-17(14-6-7-14)13-20-16-10-8-15(9-11-16)18(2,3)4/h8-11,14,17,19H,5-7,12-13H2,1-4H3. The minimum absolute atomic E-state index is 0.252. The second-order valence-electron chi connectivity index (χ2n) is 6.98. The molecule has 20 heavy (non-hydrogen) atoms. The summed E-state index contributed by atoms with van der Waals surface area (Å²) in [5.41, 5.74) is 1.67. The van der Waals surface area contributed by atoms with Crippen LogP contribution < -0.4 is 5.32 Å². The zero-order chi connectivity index (χ0) is 14.6. The maximum Gasteiger partial charge on any atom is 0.0189 e. The van der Waals surface area contributed by atoms with Crippen molar-refractivity contribution in [2.24, 2.45) is 5.92 Å². The van der Waals surface area contributed by atoms with E-state index >= 15 is 0 Å². The average Bonchev–Trinajstić information content (AvgIpc) is 3.23. The molecule has 0 saturated heterocycles. The Labute approximate surface area is 128 Å². The van der Waals surface area contributed by atoms with E-state index in [9.17, 15) is 0 Å². The van der Waals surface area contributed by atoms with Gasteiger partial charge in [0.05, 0.1) is 0 Å². The summed E-state index contributed by atoms with van der Waals surface area (Å²) in [6.45, 7) is 10.2. The van der Waals surface area contributed by atoms with E-state index in [2.05, 4.69) is 57.3 Å². The highest BCUT2D eigenvalue weighted by molar-refractivity contribution is 7.99. The van der Waals surface area contributed by atoms with Crippen molar-refractivity contribution < 1.29 is 0 Å². The zero-order valence-corrected chi connectivity index (χ0v) is 14.2. The molecule has 0 bridgehead atoms. The van der Waals surface area contributed by atoms with Gasteiger partial charge >= 0.3 is 0 Å². The van der Waals surface area contributed by atoms with Gasteiger partial charge in [0.1, 0.15) is 0 Å². The van der Waals surface area contributed by atoms with E-state index < -0.39 is 0 Å². The van der Waals surface area contributed by atoms with Crippen LogP contribution in [0.5, 0.6) is 0 Å². The summed E-state index contributed by atoms with van der Waals surface area (Å²) in [5.74, 6) is 2.14. The molecule has 1 saturated carbocycles. The molecular formula is C18H29NS. The minimum atomic E-state index is 0.252. The zero-order valence-electron chi connectivity index (χ0n) is 13.4. The number of hydrogen-bond acceptors (Lipinski definition) is 2. The molecule has 0 spiro atoms. The summed E-state index contributed by atoms with van der Waals surface area (Å²) in [6.07, 6.45) is 4.07. The first kappa shape index (κ1) is 15.9. The van der Waals surface area contributed by atoms with Gasteiger partial charge in [-0.05, 0) is 54.8 Å². The molecular weight excluding hydrogens is 262 g/mol. The fourth-order valence-corrected chi connectivity index (χ4v) is 3.52. The van der Waals surface area contributed by atoms with Crippen molar-refractivity contribution in [3.05, 3.63) is 29.8 Å². The molecule has 1 aliphatic carbocycles. The Morgan fingerprint density at radius 1 is 1.20 bits per heavy atom. The topological polar surface area (TPSA) is 12.0 Å². The smallest absolute Gasteiger partial charge is 0.0189 e. The van der Waals surface area contributed by atoms with Crippen LogP contribution in [0.25, 0.3) is 0 Å². The van der Waals surface area contributed by atoms with Crippen molar-refractivity contribution in [2.75, 3.05) is 12.3 Å². The summed E-state index contributed by atoms with van der Waals surface area (Å²) < 4.78 is 0. The molecule has 0 heterocycles.